The van der Waals surface area contributed by atoms with Crippen LogP contribution in [0.1, 0.15) is 26.3 Å². The van der Waals surface area contributed by atoms with Crippen molar-refractivity contribution in [1.29, 1.82) is 4.29 Å². The van der Waals surface area contributed by atoms with Crippen LogP contribution in [0.25, 0.3) is 0 Å². The van der Waals surface area contributed by atoms with Crippen LogP contribution in [0, 0.1) is 0 Å². The highest BCUT2D eigenvalue weighted by molar-refractivity contribution is 6.55. The van der Waals surface area contributed by atoms with E-state index in [0.717, 1.165) is 0 Å². The van der Waals surface area contributed by atoms with Crippen LogP contribution in [0.15, 0.2) is 24.3 Å². The molecule has 0 saturated carbocycles. The second-order valence-electron chi connectivity index (χ2n) is 5.07. The van der Waals surface area contributed by atoms with Gasteiger partial charge >= 0.3 is 15.0 Å². The largest absolute Gasteiger partial charge is 0.514 e. The summed E-state index contributed by atoms with van der Waals surface area (Å²) >= 11 is 0. The average Bonchev–Trinajstić information content (AvgIpc) is 2.45. The topological polar surface area (TPSA) is 96.2 Å². The van der Waals surface area contributed by atoms with Gasteiger partial charge in [0.25, 0.3) is 0 Å². The lowest BCUT2D eigenvalue weighted by Crippen LogP contribution is -2.37. The molecule has 1 aromatic rings. The number of carbonyl (C=O) groups excluding carboxylic acids is 1. The summed E-state index contributed by atoms with van der Waals surface area (Å²) in [5.41, 5.74) is -0.0418. The summed E-state index contributed by atoms with van der Waals surface area (Å²) in [5, 5.41) is 0. The van der Waals surface area contributed by atoms with Crippen molar-refractivity contribution in [3.63, 3.8) is 0 Å². The molecule has 0 aromatic heterocycles. The predicted molar refractivity (Wildman–Crippen MR) is 69.4 cm³/mol. The lowest BCUT2D eigenvalue weighted by atomic mass is 10.2. The quantitative estimate of drug-likeness (QED) is 0.411. The van der Waals surface area contributed by atoms with Gasteiger partial charge in [-0.2, -0.15) is 0 Å². The highest BCUT2D eigenvalue weighted by Gasteiger charge is 2.27. The molecular formula is C12H18O6Si. The van der Waals surface area contributed by atoms with Crippen molar-refractivity contribution in [1.82, 2.24) is 0 Å². The van der Waals surface area contributed by atoms with E-state index in [9.17, 15) is 4.79 Å². The standard InChI is InChI=1S/C12H18O6Si/c1-12(2,3)18-11(13)17-10-6-4-9(5-7-10)8-19(14,15)16/h4-7,14-16H,8H2,1-3H3/i14T,15T,16T. The number of hydrogen-bond donors (Lipinski definition) is 3. The van der Waals surface area contributed by atoms with Crippen molar-refractivity contribution in [2.75, 3.05) is 0 Å². The van der Waals surface area contributed by atoms with Gasteiger partial charge in [-0.1, -0.05) is 12.1 Å². The molecule has 19 heavy (non-hydrogen) atoms. The second kappa shape index (κ2) is 5.70. The molecule has 6 nitrogen and oxygen atoms in total. The zero-order valence-corrected chi connectivity index (χ0v) is 12.0. The second-order valence-corrected chi connectivity index (χ2v) is 6.79. The van der Waals surface area contributed by atoms with Crippen molar-refractivity contribution in [3.05, 3.63) is 29.8 Å². The van der Waals surface area contributed by atoms with Crippen LogP contribution >= 0.6 is 0 Å². The Morgan fingerprint density at radius 1 is 1.26 bits per heavy atom. The zero-order valence-electron chi connectivity index (χ0n) is 14.0. The smallest absolute Gasteiger partial charge is 0.428 e. The van der Waals surface area contributed by atoms with E-state index in [1.807, 2.05) is 0 Å². The maximum absolute atomic E-state index is 11.5. The Kier molecular flexibility index (Phi) is 3.43. The summed E-state index contributed by atoms with van der Waals surface area (Å²) in [6.07, 6.45) is -0.817. The molecule has 0 atom stereocenters. The van der Waals surface area contributed by atoms with Gasteiger partial charge in [-0.15, -0.1) is 0 Å². The van der Waals surface area contributed by atoms with E-state index in [-0.39, 0.29) is 11.8 Å². The van der Waals surface area contributed by atoms with Crippen molar-refractivity contribution in [3.8, 4) is 5.75 Å². The molecule has 0 bridgehead atoms. The summed E-state index contributed by atoms with van der Waals surface area (Å²) in [7, 11) is -3.67. The van der Waals surface area contributed by atoms with Crippen molar-refractivity contribution in [2.45, 2.75) is 32.4 Å². The number of carbonyl (C=O) groups is 1. The van der Waals surface area contributed by atoms with Gasteiger partial charge in [0.1, 0.15) is 11.4 Å². The Labute approximate surface area is 117 Å². The van der Waals surface area contributed by atoms with Crippen LogP contribution in [-0.2, 0) is 10.8 Å². The lowest BCUT2D eigenvalue weighted by Gasteiger charge is -2.18. The Morgan fingerprint density at radius 3 is 2.32 bits per heavy atom. The first-order chi connectivity index (χ1) is 10.2. The van der Waals surface area contributed by atoms with E-state index in [0.29, 0.717) is 5.56 Å². The van der Waals surface area contributed by atoms with Gasteiger partial charge in [0.2, 0.25) is 0 Å². The van der Waals surface area contributed by atoms with Gasteiger partial charge in [-0.05, 0) is 38.5 Å². The molecule has 0 heterocycles. The SMILES string of the molecule is [3H]O[Si](Cc1ccc(OC(=O)OC(C)(C)C)cc1)(O[3H])O[3H]. The minimum absolute atomic E-state index is 0.0315. The minimum Gasteiger partial charge on any atom is -0.428 e. The Balaban J connectivity index is 2.69. The maximum Gasteiger partial charge on any atom is 0.514 e. The minimum atomic E-state index is -3.67. The van der Waals surface area contributed by atoms with Gasteiger partial charge in [0.05, 0.1) is 0 Å². The molecule has 0 unspecified atom stereocenters. The molecule has 7 heteroatoms. The van der Waals surface area contributed by atoms with E-state index in [1.165, 1.54) is 12.1 Å². The molecule has 0 radical (unpaired) electrons. The first-order valence-corrected chi connectivity index (χ1v) is 7.59. The summed E-state index contributed by atoms with van der Waals surface area (Å²) < 4.78 is 30.6. The molecular weight excluding hydrogens is 268 g/mol. The van der Waals surface area contributed by atoms with Crippen molar-refractivity contribution < 1.29 is 28.7 Å². The molecule has 0 amide bonds. The molecule has 1 aromatic carbocycles. The molecule has 106 valence electrons. The fourth-order valence-corrected chi connectivity index (χ4v) is 2.03. The molecule has 0 saturated heterocycles. The number of hydrogen-bond acceptors (Lipinski definition) is 6. The maximum atomic E-state index is 11.5. The van der Waals surface area contributed by atoms with Gasteiger partial charge < -0.3 is 23.9 Å². The van der Waals surface area contributed by atoms with Crippen molar-refractivity contribution >= 4 is 15.0 Å². The number of benzene rings is 1. The van der Waals surface area contributed by atoms with E-state index in [4.69, 9.17) is 13.8 Å². The molecule has 1 rings (SSSR count). The summed E-state index contributed by atoms with van der Waals surface area (Å²) in [6.45, 7) is 5.18. The zero-order chi connectivity index (χ0) is 16.8. The summed E-state index contributed by atoms with van der Waals surface area (Å²) in [4.78, 5) is 24.3. The molecule has 0 spiro atoms. The van der Waals surface area contributed by atoms with Crippen molar-refractivity contribution in [2.24, 2.45) is 0 Å². The molecule has 0 aliphatic heterocycles. The van der Waals surface area contributed by atoms with Crippen LogP contribution in [0.3, 0.4) is 0 Å². The van der Waals surface area contributed by atoms with Gasteiger partial charge in [-0.25, -0.2) is 4.79 Å². The first kappa shape index (κ1) is 11.4. The fraction of sp³-hybridized carbons (Fsp3) is 0.417. The van der Waals surface area contributed by atoms with Gasteiger partial charge in [-0.3, -0.25) is 0 Å². The Morgan fingerprint density at radius 2 is 1.84 bits per heavy atom. The molecule has 0 aliphatic carbocycles. The van der Waals surface area contributed by atoms with E-state index >= 15 is 0 Å². The highest BCUT2D eigenvalue weighted by Crippen LogP contribution is 2.16. The molecule has 3 N–H and O–H groups in total. The number of rotatable bonds is 6. The van der Waals surface area contributed by atoms with Crippen LogP contribution in [-0.4, -0.2) is 39.2 Å². The van der Waals surface area contributed by atoms with Crippen LogP contribution < -0.4 is 4.74 Å². The molecule has 0 fully saturated rings. The summed E-state index contributed by atoms with van der Waals surface area (Å²) in [6, 6.07) is 6.15. The summed E-state index contributed by atoms with van der Waals surface area (Å²) in [5.74, 6) is 0.274. The average molecular weight is 292 g/mol. The molecule has 0 aliphatic rings. The van der Waals surface area contributed by atoms with Crippen LogP contribution in [0.2, 0.25) is 0 Å². The van der Waals surface area contributed by atoms with E-state index < -0.39 is 20.6 Å². The predicted octanol–water partition coefficient (Wildman–Crippen LogP) is 0.998. The van der Waals surface area contributed by atoms with Crippen LogP contribution in [0.4, 0.5) is 4.79 Å². The number of ether oxygens (including phenoxy) is 2. The van der Waals surface area contributed by atoms with Gasteiger partial charge in [0.15, 0.2) is 4.29 Å². The normalized spacial score (nSPS) is 14.2. The Bertz CT molecular complexity index is 478. The third-order valence-electron chi connectivity index (χ3n) is 1.93. The van der Waals surface area contributed by atoms with Crippen LogP contribution in [0.5, 0.6) is 5.75 Å². The lowest BCUT2D eigenvalue weighted by molar-refractivity contribution is 0.0206. The van der Waals surface area contributed by atoms with Gasteiger partial charge in [0, 0.05) is 6.04 Å². The monoisotopic (exact) mass is 292 g/mol. The van der Waals surface area contributed by atoms with E-state index in [2.05, 4.69) is 14.4 Å². The Hall–Kier alpha value is -1.41. The third-order valence-corrected chi connectivity index (χ3v) is 2.78. The first-order valence-electron chi connectivity index (χ1n) is 6.89. The third kappa shape index (κ3) is 6.92. The highest BCUT2D eigenvalue weighted by atomic mass is 28.4. The fourth-order valence-electron chi connectivity index (χ4n) is 1.29. The van der Waals surface area contributed by atoms with E-state index in [1.54, 1.807) is 32.9 Å².